The van der Waals surface area contributed by atoms with Gasteiger partial charge in [0.2, 0.25) is 5.75 Å². The quantitative estimate of drug-likeness (QED) is 0.179. The first-order chi connectivity index (χ1) is 20.1. The van der Waals surface area contributed by atoms with Crippen LogP contribution in [0, 0.1) is 0 Å². The molecule has 1 aromatic heterocycles. The van der Waals surface area contributed by atoms with Crippen molar-refractivity contribution in [2.45, 2.75) is 25.8 Å². The van der Waals surface area contributed by atoms with Gasteiger partial charge >= 0.3 is 0 Å². The van der Waals surface area contributed by atoms with E-state index in [1.807, 2.05) is 36.4 Å². The summed E-state index contributed by atoms with van der Waals surface area (Å²) in [7, 11) is 4.59. The average molecular weight is 554 g/mol. The second kappa shape index (κ2) is 13.1. The van der Waals surface area contributed by atoms with Crippen molar-refractivity contribution in [3.05, 3.63) is 90.3 Å². The van der Waals surface area contributed by atoms with Crippen molar-refractivity contribution in [3.63, 3.8) is 0 Å². The van der Waals surface area contributed by atoms with Crippen LogP contribution in [0.1, 0.15) is 29.0 Å². The molecular formula is C33H35N3O5. The Labute approximate surface area is 239 Å². The predicted molar refractivity (Wildman–Crippen MR) is 161 cm³/mol. The highest BCUT2D eigenvalue weighted by Gasteiger charge is 2.17. The van der Waals surface area contributed by atoms with Crippen molar-refractivity contribution < 1.29 is 23.7 Å². The second-order valence-electron chi connectivity index (χ2n) is 9.65. The molecule has 1 N–H and O–H groups in total. The number of hydrogen-bond acceptors (Lipinski definition) is 6. The number of amides is 1. The summed E-state index contributed by atoms with van der Waals surface area (Å²) in [5, 5.41) is 5.37. The summed E-state index contributed by atoms with van der Waals surface area (Å²) >= 11 is 0. The molecule has 212 valence electrons. The van der Waals surface area contributed by atoms with Crippen molar-refractivity contribution in [2.75, 3.05) is 34.5 Å². The SMILES string of the molecule is COc1cc(C(=O)NCCCc2nc3ccccc3n2CCCOc2ccc3ccccc3c2)cc(OC)c1OC. The number of aromatic nitrogens is 2. The Morgan fingerprint density at radius 3 is 2.32 bits per heavy atom. The van der Waals surface area contributed by atoms with E-state index < -0.39 is 0 Å². The molecule has 0 fully saturated rings. The minimum atomic E-state index is -0.205. The average Bonchev–Trinajstić information content (AvgIpc) is 3.37. The summed E-state index contributed by atoms with van der Waals surface area (Å²) in [6, 6.07) is 25.9. The first kappa shape index (κ1) is 27.8. The normalized spacial score (nSPS) is 11.0. The number of fused-ring (bicyclic) bond motifs is 2. The zero-order valence-electron chi connectivity index (χ0n) is 23.7. The molecule has 0 unspecified atom stereocenters. The third kappa shape index (κ3) is 6.38. The number of imidazole rings is 1. The number of nitrogens with zero attached hydrogens (tertiary/aromatic N) is 2. The Hall–Kier alpha value is -4.72. The van der Waals surface area contributed by atoms with Gasteiger partial charge in [0.1, 0.15) is 11.6 Å². The molecular weight excluding hydrogens is 518 g/mol. The topological polar surface area (TPSA) is 83.8 Å². The largest absolute Gasteiger partial charge is 0.494 e. The standard InChI is InChI=1S/C33H35N3O5/c1-38-29-21-25(22-30(39-2)32(29)40-3)33(37)34-17-8-14-31-35-27-12-6-7-13-28(27)36(31)18-9-19-41-26-16-15-23-10-4-5-11-24(23)20-26/h4-7,10-13,15-16,20-22H,8-9,14,17-19H2,1-3H3,(H,34,37). The molecule has 5 rings (SSSR count). The number of aryl methyl sites for hydroxylation is 2. The van der Waals surface area contributed by atoms with E-state index in [2.05, 4.69) is 40.2 Å². The van der Waals surface area contributed by atoms with Crippen LogP contribution in [0.4, 0.5) is 0 Å². The number of ether oxygens (including phenoxy) is 4. The molecule has 0 bridgehead atoms. The van der Waals surface area contributed by atoms with Crippen molar-refractivity contribution in [3.8, 4) is 23.0 Å². The Morgan fingerprint density at radius 1 is 0.829 bits per heavy atom. The second-order valence-corrected chi connectivity index (χ2v) is 9.65. The Bertz CT molecular complexity index is 1620. The van der Waals surface area contributed by atoms with Crippen molar-refractivity contribution in [1.82, 2.24) is 14.9 Å². The maximum absolute atomic E-state index is 12.9. The smallest absolute Gasteiger partial charge is 0.251 e. The number of rotatable bonds is 13. The van der Waals surface area contributed by atoms with Crippen LogP contribution in [-0.4, -0.2) is 49.9 Å². The van der Waals surface area contributed by atoms with Crippen molar-refractivity contribution >= 4 is 27.7 Å². The van der Waals surface area contributed by atoms with Crippen LogP contribution < -0.4 is 24.3 Å². The fraction of sp³-hybridized carbons (Fsp3) is 0.273. The first-order valence-electron chi connectivity index (χ1n) is 13.7. The van der Waals surface area contributed by atoms with E-state index in [1.54, 1.807) is 12.1 Å². The number of benzene rings is 4. The summed E-state index contributed by atoms with van der Waals surface area (Å²) < 4.78 is 24.4. The Balaban J connectivity index is 1.18. The lowest BCUT2D eigenvalue weighted by Crippen LogP contribution is -2.25. The molecule has 5 aromatic rings. The highest BCUT2D eigenvalue weighted by molar-refractivity contribution is 5.95. The minimum Gasteiger partial charge on any atom is -0.494 e. The number of nitrogens with one attached hydrogen (secondary N) is 1. The van der Waals surface area contributed by atoms with Gasteiger partial charge in [0.15, 0.2) is 11.5 Å². The van der Waals surface area contributed by atoms with Gasteiger partial charge in [-0.1, -0.05) is 42.5 Å². The van der Waals surface area contributed by atoms with Gasteiger partial charge in [-0.15, -0.1) is 0 Å². The molecule has 0 saturated carbocycles. The molecule has 0 aliphatic rings. The molecule has 8 heteroatoms. The lowest BCUT2D eigenvalue weighted by molar-refractivity contribution is 0.0952. The van der Waals surface area contributed by atoms with Gasteiger partial charge < -0.3 is 28.8 Å². The zero-order valence-corrected chi connectivity index (χ0v) is 23.7. The lowest BCUT2D eigenvalue weighted by atomic mass is 10.1. The number of hydrogen-bond donors (Lipinski definition) is 1. The van der Waals surface area contributed by atoms with E-state index >= 15 is 0 Å². The van der Waals surface area contributed by atoms with Gasteiger partial charge in [0.05, 0.1) is 39.0 Å². The molecule has 1 amide bonds. The van der Waals surface area contributed by atoms with Gasteiger partial charge in [-0.3, -0.25) is 4.79 Å². The van der Waals surface area contributed by atoms with Crippen molar-refractivity contribution in [2.24, 2.45) is 0 Å². The van der Waals surface area contributed by atoms with E-state index in [0.29, 0.717) is 36.0 Å². The number of methoxy groups -OCH3 is 3. The summed E-state index contributed by atoms with van der Waals surface area (Å²) in [4.78, 5) is 17.8. The number of carbonyl (C=O) groups excluding carboxylic acids is 1. The molecule has 41 heavy (non-hydrogen) atoms. The molecule has 0 radical (unpaired) electrons. The minimum absolute atomic E-state index is 0.205. The van der Waals surface area contributed by atoms with Crippen LogP contribution in [0.3, 0.4) is 0 Å². The Morgan fingerprint density at radius 2 is 1.56 bits per heavy atom. The van der Waals surface area contributed by atoms with E-state index in [1.165, 1.54) is 32.1 Å². The zero-order chi connectivity index (χ0) is 28.6. The Kier molecular flexibility index (Phi) is 8.89. The number of carbonyl (C=O) groups is 1. The van der Waals surface area contributed by atoms with Gasteiger partial charge in [-0.2, -0.15) is 0 Å². The van der Waals surface area contributed by atoms with Gasteiger partial charge in [-0.05, 0) is 60.0 Å². The number of para-hydroxylation sites is 2. The monoisotopic (exact) mass is 553 g/mol. The molecule has 0 spiro atoms. The van der Waals surface area contributed by atoms with E-state index in [9.17, 15) is 4.79 Å². The summed E-state index contributed by atoms with van der Waals surface area (Å²) in [6.07, 6.45) is 2.32. The van der Waals surface area contributed by atoms with Crippen LogP contribution in [0.2, 0.25) is 0 Å². The summed E-state index contributed by atoms with van der Waals surface area (Å²) in [6.45, 7) is 1.90. The van der Waals surface area contributed by atoms with E-state index in [4.69, 9.17) is 23.9 Å². The van der Waals surface area contributed by atoms with Crippen LogP contribution >= 0.6 is 0 Å². The highest BCUT2D eigenvalue weighted by atomic mass is 16.5. The van der Waals surface area contributed by atoms with Crippen LogP contribution in [0.25, 0.3) is 21.8 Å². The van der Waals surface area contributed by atoms with E-state index in [-0.39, 0.29) is 5.91 Å². The van der Waals surface area contributed by atoms with Crippen LogP contribution in [-0.2, 0) is 13.0 Å². The van der Waals surface area contributed by atoms with Crippen molar-refractivity contribution in [1.29, 1.82) is 0 Å². The molecule has 1 heterocycles. The molecule has 0 atom stereocenters. The van der Waals surface area contributed by atoms with E-state index in [0.717, 1.165) is 48.4 Å². The lowest BCUT2D eigenvalue weighted by Gasteiger charge is -2.14. The maximum Gasteiger partial charge on any atom is 0.251 e. The molecule has 4 aromatic carbocycles. The van der Waals surface area contributed by atoms with Crippen LogP contribution in [0.15, 0.2) is 78.9 Å². The van der Waals surface area contributed by atoms with Gasteiger partial charge in [-0.25, -0.2) is 4.98 Å². The fourth-order valence-corrected chi connectivity index (χ4v) is 5.00. The van der Waals surface area contributed by atoms with Crippen LogP contribution in [0.5, 0.6) is 23.0 Å². The molecule has 0 aliphatic carbocycles. The molecule has 0 saturated heterocycles. The maximum atomic E-state index is 12.9. The predicted octanol–water partition coefficient (Wildman–Crippen LogP) is 6.05. The molecule has 0 aliphatic heterocycles. The third-order valence-corrected chi connectivity index (χ3v) is 7.04. The highest BCUT2D eigenvalue weighted by Crippen LogP contribution is 2.38. The van der Waals surface area contributed by atoms with Gasteiger partial charge in [0.25, 0.3) is 5.91 Å². The fourth-order valence-electron chi connectivity index (χ4n) is 5.00. The third-order valence-electron chi connectivity index (χ3n) is 7.04. The summed E-state index contributed by atoms with van der Waals surface area (Å²) in [5.74, 6) is 3.00. The summed E-state index contributed by atoms with van der Waals surface area (Å²) in [5.41, 5.74) is 2.52. The first-order valence-corrected chi connectivity index (χ1v) is 13.7. The van der Waals surface area contributed by atoms with Gasteiger partial charge in [0, 0.05) is 25.1 Å². The molecule has 8 nitrogen and oxygen atoms in total.